The fourth-order valence-electron chi connectivity index (χ4n) is 8.78. The van der Waals surface area contributed by atoms with Gasteiger partial charge in [0, 0.05) is 49.4 Å². The van der Waals surface area contributed by atoms with Gasteiger partial charge in [-0.15, -0.1) is 6.58 Å². The number of allylic oxidation sites excluding steroid dienone is 1. The van der Waals surface area contributed by atoms with Gasteiger partial charge in [-0.25, -0.2) is 4.79 Å². The number of aromatic nitrogens is 1. The maximum absolute atomic E-state index is 14.2. The van der Waals surface area contributed by atoms with Crippen LogP contribution in [0.2, 0.25) is 0 Å². The van der Waals surface area contributed by atoms with E-state index in [1.165, 1.54) is 0 Å². The third-order valence-electron chi connectivity index (χ3n) is 11.1. The van der Waals surface area contributed by atoms with Crippen LogP contribution in [0.1, 0.15) is 69.0 Å². The number of urea groups is 1. The normalized spacial score (nSPS) is 24.9. The summed E-state index contributed by atoms with van der Waals surface area (Å²) >= 11 is 0. The number of para-hydroxylation sites is 1. The van der Waals surface area contributed by atoms with E-state index in [1.807, 2.05) is 49.4 Å². The number of hydrogen-bond acceptors (Lipinski definition) is 8. The van der Waals surface area contributed by atoms with Gasteiger partial charge in [-0.3, -0.25) is 0 Å². The first-order valence-corrected chi connectivity index (χ1v) is 19.4. The summed E-state index contributed by atoms with van der Waals surface area (Å²) in [6.07, 6.45) is 10.9. The summed E-state index contributed by atoms with van der Waals surface area (Å²) in [5.41, 5.74) is 4.67. The Balaban J connectivity index is 1.47. The summed E-state index contributed by atoms with van der Waals surface area (Å²) in [5, 5.41) is 28.5. The Hall–Kier alpha value is -4.58. The van der Waals surface area contributed by atoms with E-state index in [-0.39, 0.29) is 49.5 Å². The molecule has 1 aliphatic heterocycles. The van der Waals surface area contributed by atoms with Crippen LogP contribution < -0.4 is 14.8 Å². The average Bonchev–Trinajstić information content (AvgIpc) is 3.61. The lowest BCUT2D eigenvalue weighted by molar-refractivity contribution is -0.252. The van der Waals surface area contributed by atoms with E-state index in [2.05, 4.69) is 35.6 Å². The van der Waals surface area contributed by atoms with Gasteiger partial charge in [0.25, 0.3) is 0 Å². The Morgan fingerprint density at radius 2 is 1.85 bits per heavy atom. The molecule has 6 unspecified atom stereocenters. The minimum Gasteiger partial charge on any atom is -0.490 e. The number of H-pyrrole nitrogens is 1. The molecule has 6 atom stereocenters. The van der Waals surface area contributed by atoms with Crippen LogP contribution in [0.3, 0.4) is 0 Å². The first kappa shape index (κ1) is 39.1. The van der Waals surface area contributed by atoms with Crippen LogP contribution in [0.15, 0.2) is 90.6 Å². The zero-order valence-electron chi connectivity index (χ0n) is 31.7. The molecule has 1 aromatic heterocycles. The van der Waals surface area contributed by atoms with Crippen molar-refractivity contribution in [3.63, 3.8) is 0 Å². The van der Waals surface area contributed by atoms with Crippen LogP contribution >= 0.6 is 0 Å². The average molecular weight is 741 g/mol. The van der Waals surface area contributed by atoms with Crippen molar-refractivity contribution in [3.05, 3.63) is 96.7 Å². The second-order valence-corrected chi connectivity index (χ2v) is 14.4. The smallest absolute Gasteiger partial charge is 0.317 e. The highest BCUT2D eigenvalue weighted by Gasteiger charge is 2.65. The molecule has 0 spiro atoms. The summed E-state index contributed by atoms with van der Waals surface area (Å²) in [7, 11) is 1.79. The van der Waals surface area contributed by atoms with Crippen molar-refractivity contribution in [2.75, 3.05) is 40.1 Å². The molecule has 0 radical (unpaired) electrons. The maximum Gasteiger partial charge on any atom is 0.317 e. The van der Waals surface area contributed by atoms with Crippen molar-refractivity contribution >= 4 is 22.6 Å². The van der Waals surface area contributed by atoms with Crippen molar-refractivity contribution in [1.29, 1.82) is 0 Å². The molecule has 0 saturated heterocycles. The van der Waals surface area contributed by atoms with Gasteiger partial charge in [0.1, 0.15) is 30.8 Å². The standard InChI is InChI=1S/C43H56N4O7/c1-5-22-51-32-18-19-38-35(26-32)40-33(16-11-13-21-49)29(14-10-12-20-48)25-34-37(46-53-7-3)27-39(43(54-38,41(34)40)52-23-6-2)47(4)42(50)44-28-31-24-30-15-8-9-17-36(30)45-31/h5-6,8-9,15,17-19,24-26,29,33,39-41,45,48-49H,1-2,7,10-14,16,20-23,27-28H2,3-4H3,(H,44,50). The number of oxime groups is 1. The zero-order valence-corrected chi connectivity index (χ0v) is 31.7. The van der Waals surface area contributed by atoms with Crippen LogP contribution in [0.5, 0.6) is 11.5 Å². The van der Waals surface area contributed by atoms with Crippen molar-refractivity contribution in [3.8, 4) is 11.5 Å². The molecule has 2 amide bonds. The molecule has 54 heavy (non-hydrogen) atoms. The number of rotatable bonds is 19. The topological polar surface area (TPSA) is 138 Å². The highest BCUT2D eigenvalue weighted by Crippen LogP contribution is 2.61. The molecular formula is C43H56N4O7. The third-order valence-corrected chi connectivity index (χ3v) is 11.1. The molecule has 3 aromatic rings. The number of benzene rings is 2. The third kappa shape index (κ3) is 8.09. The number of carbonyl (C=O) groups excluding carboxylic acids is 1. The molecule has 11 nitrogen and oxygen atoms in total. The molecule has 1 fully saturated rings. The molecule has 4 N–H and O–H groups in total. The predicted octanol–water partition coefficient (Wildman–Crippen LogP) is 7.23. The van der Waals surface area contributed by atoms with E-state index < -0.39 is 11.8 Å². The lowest BCUT2D eigenvalue weighted by Gasteiger charge is -2.59. The van der Waals surface area contributed by atoms with Crippen LogP contribution in [0.4, 0.5) is 4.79 Å². The van der Waals surface area contributed by atoms with Crippen molar-refractivity contribution < 1.29 is 34.1 Å². The van der Waals surface area contributed by atoms with Crippen molar-refractivity contribution in [1.82, 2.24) is 15.2 Å². The monoisotopic (exact) mass is 740 g/mol. The Labute approximate surface area is 318 Å². The molecule has 0 bridgehead atoms. The molecular weight excluding hydrogens is 684 g/mol. The van der Waals surface area contributed by atoms with E-state index in [4.69, 9.17) is 24.2 Å². The number of unbranched alkanes of at least 4 members (excludes halogenated alkanes) is 2. The quantitative estimate of drug-likeness (QED) is 0.0578. The lowest BCUT2D eigenvalue weighted by Crippen LogP contribution is -2.70. The highest BCUT2D eigenvalue weighted by molar-refractivity contribution is 6.03. The number of nitrogens with zero attached hydrogens (tertiary/aromatic N) is 2. The molecule has 6 rings (SSSR count). The molecule has 2 heterocycles. The first-order chi connectivity index (χ1) is 26.4. The zero-order chi connectivity index (χ0) is 38.1. The number of carbonyl (C=O) groups is 1. The van der Waals surface area contributed by atoms with E-state index >= 15 is 0 Å². The van der Waals surface area contributed by atoms with Gasteiger partial charge in [-0.1, -0.05) is 61.0 Å². The first-order valence-electron chi connectivity index (χ1n) is 19.4. The molecule has 2 aromatic carbocycles. The number of aliphatic hydroxyl groups excluding tert-OH is 2. The number of amides is 2. The molecule has 3 aliphatic rings. The van der Waals surface area contributed by atoms with Crippen LogP contribution in [-0.2, 0) is 16.1 Å². The number of likely N-dealkylation sites (N-methyl/N-ethyl adjacent to an activating group) is 1. The molecule has 2 aliphatic carbocycles. The summed E-state index contributed by atoms with van der Waals surface area (Å²) in [4.78, 5) is 25.1. The van der Waals surface area contributed by atoms with E-state index in [0.717, 1.165) is 59.1 Å². The lowest BCUT2D eigenvalue weighted by atomic mass is 9.55. The van der Waals surface area contributed by atoms with Crippen molar-refractivity contribution in [2.24, 2.45) is 22.9 Å². The Morgan fingerprint density at radius 3 is 2.59 bits per heavy atom. The van der Waals surface area contributed by atoms with Crippen LogP contribution in [0.25, 0.3) is 10.9 Å². The van der Waals surface area contributed by atoms with Gasteiger partial charge >= 0.3 is 6.03 Å². The Kier molecular flexibility index (Phi) is 13.2. The van der Waals surface area contributed by atoms with E-state index in [1.54, 1.807) is 24.1 Å². The fraction of sp³-hybridized carbons (Fsp3) is 0.488. The maximum atomic E-state index is 14.2. The molecule has 290 valence electrons. The number of hydrogen-bond donors (Lipinski definition) is 4. The summed E-state index contributed by atoms with van der Waals surface area (Å²) < 4.78 is 20.2. The molecule has 11 heteroatoms. The van der Waals surface area contributed by atoms with Gasteiger partial charge in [-0.05, 0) is 85.7 Å². The summed E-state index contributed by atoms with van der Waals surface area (Å²) in [5.74, 6) is -0.158. The summed E-state index contributed by atoms with van der Waals surface area (Å²) in [6, 6.07) is 15.1. The Morgan fingerprint density at radius 1 is 1.07 bits per heavy atom. The largest absolute Gasteiger partial charge is 0.490 e. The number of nitrogens with one attached hydrogen (secondary N) is 2. The van der Waals surface area contributed by atoms with Gasteiger partial charge in [0.05, 0.1) is 24.8 Å². The summed E-state index contributed by atoms with van der Waals surface area (Å²) in [6.45, 7) is 11.2. The van der Waals surface area contributed by atoms with Crippen LogP contribution in [-0.4, -0.2) is 83.8 Å². The van der Waals surface area contributed by atoms with Gasteiger partial charge in [0.15, 0.2) is 0 Å². The van der Waals surface area contributed by atoms with Gasteiger partial charge in [0.2, 0.25) is 5.79 Å². The minimum atomic E-state index is -1.31. The number of aromatic amines is 1. The number of aliphatic hydroxyl groups is 2. The Bertz CT molecular complexity index is 1790. The number of ether oxygens (including phenoxy) is 3. The van der Waals surface area contributed by atoms with Crippen molar-refractivity contribution in [2.45, 2.75) is 76.2 Å². The van der Waals surface area contributed by atoms with Crippen LogP contribution in [0, 0.1) is 17.8 Å². The minimum absolute atomic E-state index is 0.119. The number of fused-ring (bicyclic) bond motifs is 3. The second kappa shape index (κ2) is 18.2. The molecule has 1 saturated carbocycles. The second-order valence-electron chi connectivity index (χ2n) is 14.4. The van der Waals surface area contributed by atoms with Gasteiger partial charge < -0.3 is 44.5 Å². The SMILES string of the molecule is C=CCOc1ccc2c(c1)C1C(CCCCO)C(CCCCO)C=C3C(=NOCC)CC(N(C)C(=O)NCc4cc5ccccc5[nH]4)C(OCC=C)(O2)C31. The van der Waals surface area contributed by atoms with Gasteiger partial charge in [-0.2, -0.15) is 0 Å². The predicted molar refractivity (Wildman–Crippen MR) is 211 cm³/mol. The van der Waals surface area contributed by atoms with E-state index in [0.29, 0.717) is 50.5 Å². The fourth-order valence-corrected chi connectivity index (χ4v) is 8.78. The highest BCUT2D eigenvalue weighted by atomic mass is 16.7. The van der Waals surface area contributed by atoms with E-state index in [9.17, 15) is 15.0 Å².